The molecule has 0 spiro atoms. The summed E-state index contributed by atoms with van der Waals surface area (Å²) in [4.78, 5) is 119. The number of amides is 4. The average Bonchev–Trinajstić information content (AvgIpc) is 1.74. The van der Waals surface area contributed by atoms with Crippen molar-refractivity contribution in [3.63, 3.8) is 0 Å². The zero-order chi connectivity index (χ0) is 63.1. The van der Waals surface area contributed by atoms with E-state index in [0.29, 0.717) is 34.8 Å². The lowest BCUT2D eigenvalue weighted by molar-refractivity contribution is -0.137. The van der Waals surface area contributed by atoms with E-state index >= 15 is 0 Å². The molecule has 0 saturated carbocycles. The molecule has 4 aromatic heterocycles. The molecule has 0 aliphatic carbocycles. The van der Waals surface area contributed by atoms with Crippen molar-refractivity contribution in [2.75, 3.05) is 105 Å². The summed E-state index contributed by atoms with van der Waals surface area (Å²) < 4.78 is 16.1. The van der Waals surface area contributed by atoms with Crippen molar-refractivity contribution in [2.45, 2.75) is 116 Å². The van der Waals surface area contributed by atoms with E-state index in [2.05, 4.69) is 50.6 Å². The second-order valence-electron chi connectivity index (χ2n) is 25.6. The van der Waals surface area contributed by atoms with Crippen molar-refractivity contribution in [1.82, 2.24) is 49.2 Å². The first-order chi connectivity index (χ1) is 42.6. The highest BCUT2D eigenvalue weighted by Gasteiger charge is 2.33. The second kappa shape index (κ2) is 27.4. The number of ether oxygens (including phenoxy) is 2. The molecule has 12 rings (SSSR count). The minimum absolute atomic E-state index is 0.191. The summed E-state index contributed by atoms with van der Waals surface area (Å²) in [7, 11) is 0. The highest BCUT2D eigenvalue weighted by Crippen LogP contribution is 2.28. The number of nitrogens with zero attached hydrogens (tertiary/aromatic N) is 11. The Hall–Kier alpha value is -8.71. The Morgan fingerprint density at radius 2 is 0.921 bits per heavy atom. The van der Waals surface area contributed by atoms with Crippen LogP contribution in [0, 0.1) is 11.8 Å². The number of fused-ring (bicyclic) bond motifs is 2. The number of rotatable bonds is 11. The Balaban J connectivity index is 0.000000163. The first-order valence-electron chi connectivity index (χ1n) is 31.0. The van der Waals surface area contributed by atoms with E-state index in [1.54, 1.807) is 24.5 Å². The maximum absolute atomic E-state index is 12.9. The lowest BCUT2D eigenvalue weighted by atomic mass is 9.95. The summed E-state index contributed by atoms with van der Waals surface area (Å²) in [5.41, 5.74) is 4.64. The Kier molecular flexibility index (Phi) is 19.5. The van der Waals surface area contributed by atoms with E-state index in [1.807, 2.05) is 102 Å². The molecule has 10 heterocycles. The highest BCUT2D eigenvalue weighted by molar-refractivity contribution is 6.00. The summed E-state index contributed by atoms with van der Waals surface area (Å²) in [5.74, 6) is -1.33. The number of hydrogen-bond donors (Lipinski definition) is 3. The van der Waals surface area contributed by atoms with Gasteiger partial charge in [0.2, 0.25) is 11.8 Å². The first kappa shape index (κ1) is 63.3. The van der Waals surface area contributed by atoms with Gasteiger partial charge >= 0.3 is 23.3 Å². The van der Waals surface area contributed by atoms with Crippen molar-refractivity contribution in [3.8, 4) is 0 Å². The fourth-order valence-corrected chi connectivity index (χ4v) is 12.0. The largest absolute Gasteiger partial charge is 0.456 e. The van der Waals surface area contributed by atoms with Crippen LogP contribution in [-0.4, -0.2) is 171 Å². The Labute approximate surface area is 516 Å². The molecular weight excluding hydrogens is 1140 g/mol. The van der Waals surface area contributed by atoms with Crippen LogP contribution in [0.15, 0.2) is 94.8 Å². The van der Waals surface area contributed by atoms with Crippen LogP contribution in [0.1, 0.15) is 126 Å². The van der Waals surface area contributed by atoms with Crippen LogP contribution in [0.4, 0.5) is 22.7 Å². The Morgan fingerprint density at radius 1 is 0.517 bits per heavy atom. The zero-order valence-corrected chi connectivity index (χ0v) is 51.7. The summed E-state index contributed by atoms with van der Waals surface area (Å²) >= 11 is 0. The number of piperidine rings is 4. The maximum atomic E-state index is 12.9. The SMILES string of the molecule is CC(C)(C)OC(=O)c1ccc(N2CCC(C=O)CC2)cc1.CC(C)(C)OC(=O)c1ccc(N2CCC(CN3CCN(c4ccn5c(=O)n(C6CCC(=O)NC6=O)nc5c4)CC3)CC2)cc1.O=C1CCC(n2nc3cc(N4CCNCC4)ccn3c2=O)C(=O)N1. The molecular formula is C64H82N14O11. The van der Waals surface area contributed by atoms with Crippen LogP contribution in [0.25, 0.3) is 11.3 Å². The van der Waals surface area contributed by atoms with Gasteiger partial charge in [-0.05, 0) is 147 Å². The predicted molar refractivity (Wildman–Crippen MR) is 335 cm³/mol. The lowest BCUT2D eigenvalue weighted by Gasteiger charge is -2.40. The number of aldehydes is 1. The fraction of sp³-hybridized carbons (Fsp3) is 0.516. The first-order valence-corrected chi connectivity index (χ1v) is 31.0. The molecule has 0 radical (unpaired) electrons. The van der Waals surface area contributed by atoms with E-state index in [9.17, 15) is 43.2 Å². The number of pyridine rings is 2. The molecule has 89 heavy (non-hydrogen) atoms. The third-order valence-electron chi connectivity index (χ3n) is 16.9. The van der Waals surface area contributed by atoms with E-state index in [-0.39, 0.29) is 60.3 Å². The van der Waals surface area contributed by atoms with Crippen LogP contribution in [0.3, 0.4) is 0 Å². The number of imide groups is 2. The minimum atomic E-state index is -0.774. The molecule has 2 atom stereocenters. The number of hydrogen-bond acceptors (Lipinski definition) is 19. The molecule has 6 saturated heterocycles. The maximum Gasteiger partial charge on any atom is 0.351 e. The standard InChI is InChI=1S/C32H41N7O5.C17H23NO3.C15H18N6O3/c1-32(2,3)44-30(42)23-4-6-24(7-5-23)36-13-10-22(11-14-36)21-35-16-18-37(19-17-35)25-12-15-38-27(20-25)34-39(31(38)43)26-8-9-28(40)33-29(26)41;1-17(2,3)21-16(20)14-4-6-15(7-5-14)18-10-8-13(12-19)9-11-18;22-13-2-1-11(14(23)17-13)21-15(24)20-6-3-10(9-12(20)18-21)19-7-4-16-5-8-19/h4-7,12,15,20,22,26H,8-11,13-14,16-19,21H2,1-3H3,(H,33,40,41);4-7,12-13H,8-11H2,1-3H3;3,6,9,11,16H,1-2,4-5,7-8H2,(H,17,22,23). The minimum Gasteiger partial charge on any atom is -0.456 e. The third kappa shape index (κ3) is 15.8. The molecule has 3 N–H and O–H groups in total. The van der Waals surface area contributed by atoms with Gasteiger partial charge in [0.05, 0.1) is 11.1 Å². The predicted octanol–water partition coefficient (Wildman–Crippen LogP) is 4.41. The molecule has 25 nitrogen and oxygen atoms in total. The van der Waals surface area contributed by atoms with Crippen molar-refractivity contribution in [3.05, 3.63) is 117 Å². The van der Waals surface area contributed by atoms with Crippen molar-refractivity contribution in [1.29, 1.82) is 0 Å². The molecule has 2 unspecified atom stereocenters. The van der Waals surface area contributed by atoms with Crippen LogP contribution in [-0.2, 0) is 33.4 Å². The van der Waals surface area contributed by atoms with Gasteiger partial charge in [-0.3, -0.25) is 43.5 Å². The highest BCUT2D eigenvalue weighted by atomic mass is 16.6. The quantitative estimate of drug-likeness (QED) is 0.0921. The van der Waals surface area contributed by atoms with Crippen LogP contribution in [0.2, 0.25) is 0 Å². The number of piperazine rings is 2. The molecule has 6 aliphatic heterocycles. The van der Waals surface area contributed by atoms with Crippen molar-refractivity contribution < 1.29 is 43.0 Å². The van der Waals surface area contributed by atoms with Crippen LogP contribution < -0.4 is 46.9 Å². The molecule has 6 aliphatic rings. The Morgan fingerprint density at radius 3 is 1.33 bits per heavy atom. The van der Waals surface area contributed by atoms with Gasteiger partial charge in [0.25, 0.3) is 11.8 Å². The summed E-state index contributed by atoms with van der Waals surface area (Å²) in [5, 5.41) is 16.6. The zero-order valence-electron chi connectivity index (χ0n) is 51.7. The smallest absolute Gasteiger partial charge is 0.351 e. The molecule has 0 bridgehead atoms. The molecule has 4 amide bonds. The summed E-state index contributed by atoms with van der Waals surface area (Å²) in [6.45, 7) is 23.4. The lowest BCUT2D eigenvalue weighted by Crippen LogP contribution is -2.49. The number of anilines is 4. The Bertz CT molecular complexity index is 3660. The number of nitrogens with one attached hydrogen (secondary N) is 3. The van der Waals surface area contributed by atoms with Gasteiger partial charge in [-0.15, -0.1) is 10.2 Å². The number of esters is 2. The average molecular weight is 1220 g/mol. The third-order valence-corrected chi connectivity index (χ3v) is 16.9. The van der Waals surface area contributed by atoms with Crippen molar-refractivity contribution >= 4 is 75.9 Å². The van der Waals surface area contributed by atoms with E-state index in [0.717, 1.165) is 140 Å². The number of carbonyl (C=O) groups is 7. The normalized spacial score (nSPS) is 20.1. The fourth-order valence-electron chi connectivity index (χ4n) is 12.0. The van der Waals surface area contributed by atoms with Gasteiger partial charge in [-0.2, -0.15) is 9.36 Å². The second-order valence-corrected chi connectivity index (χ2v) is 25.6. The van der Waals surface area contributed by atoms with Crippen molar-refractivity contribution in [2.24, 2.45) is 11.8 Å². The molecule has 6 aromatic rings. The van der Waals surface area contributed by atoms with E-state index < -0.39 is 35.1 Å². The van der Waals surface area contributed by atoms with E-state index in [1.165, 1.54) is 18.2 Å². The van der Waals surface area contributed by atoms with Crippen LogP contribution >= 0.6 is 0 Å². The summed E-state index contributed by atoms with van der Waals surface area (Å²) in [6, 6.07) is 21.3. The van der Waals surface area contributed by atoms with Gasteiger partial charge in [-0.25, -0.2) is 19.2 Å². The molecule has 25 heteroatoms. The monoisotopic (exact) mass is 1220 g/mol. The summed E-state index contributed by atoms with van der Waals surface area (Å²) in [6.07, 6.45) is 9.49. The van der Waals surface area contributed by atoms with E-state index in [4.69, 9.17) is 9.47 Å². The molecule has 6 fully saturated rings. The van der Waals surface area contributed by atoms with Gasteiger partial charge in [0.15, 0.2) is 11.3 Å². The van der Waals surface area contributed by atoms with Gasteiger partial charge in [0, 0.05) is 151 Å². The molecule has 2 aromatic carbocycles. The molecule has 474 valence electrons. The van der Waals surface area contributed by atoms with Gasteiger partial charge in [0.1, 0.15) is 29.6 Å². The van der Waals surface area contributed by atoms with Gasteiger partial charge < -0.3 is 39.2 Å². The topological polar surface area (TPSA) is 269 Å². The number of carbonyl (C=O) groups excluding carboxylic acids is 7. The van der Waals surface area contributed by atoms with Crippen LogP contribution in [0.5, 0.6) is 0 Å². The van der Waals surface area contributed by atoms with Gasteiger partial charge in [-0.1, -0.05) is 0 Å². The number of benzene rings is 2. The number of aromatic nitrogens is 6.